The van der Waals surface area contributed by atoms with Gasteiger partial charge in [-0.15, -0.1) is 0 Å². The zero-order valence-electron chi connectivity index (χ0n) is 12.3. The molecule has 2 saturated heterocycles. The highest BCUT2D eigenvalue weighted by Gasteiger charge is 2.29. The summed E-state index contributed by atoms with van der Waals surface area (Å²) >= 11 is 1.44. The second-order valence-corrected chi connectivity index (χ2v) is 6.88. The molecule has 0 aliphatic carbocycles. The Hall–Kier alpha value is -1.34. The molecule has 3 heterocycles. The Balaban J connectivity index is 1.73. The molecule has 7 heteroatoms. The number of anilines is 2. The summed E-state index contributed by atoms with van der Waals surface area (Å²) in [5, 5.41) is 0.894. The number of aromatic nitrogens is 1. The van der Waals surface area contributed by atoms with Crippen LogP contribution in [0.4, 0.5) is 10.9 Å². The highest BCUT2D eigenvalue weighted by atomic mass is 32.1. The van der Waals surface area contributed by atoms with Gasteiger partial charge in [-0.25, -0.2) is 4.98 Å². The lowest BCUT2D eigenvalue weighted by atomic mass is 10.1. The Morgan fingerprint density at radius 1 is 1.29 bits per heavy atom. The van der Waals surface area contributed by atoms with Gasteiger partial charge in [0.05, 0.1) is 0 Å². The number of carbonyl (C=O) groups excluding carboxylic acids is 1. The second-order valence-electron chi connectivity index (χ2n) is 5.90. The van der Waals surface area contributed by atoms with E-state index in [0.717, 1.165) is 37.7 Å². The number of amides is 1. The molecule has 4 N–H and O–H groups in total. The molecule has 2 aliphatic heterocycles. The lowest BCUT2D eigenvalue weighted by Crippen LogP contribution is -2.30. The fourth-order valence-electron chi connectivity index (χ4n) is 3.05. The minimum absolute atomic E-state index is 0.0178. The van der Waals surface area contributed by atoms with Crippen molar-refractivity contribution in [2.75, 3.05) is 43.4 Å². The van der Waals surface area contributed by atoms with Gasteiger partial charge in [0, 0.05) is 26.2 Å². The van der Waals surface area contributed by atoms with Crippen LogP contribution in [0.25, 0.3) is 0 Å². The molecule has 3 rings (SSSR count). The van der Waals surface area contributed by atoms with Crippen molar-refractivity contribution in [1.29, 1.82) is 0 Å². The molecule has 1 atom stereocenters. The van der Waals surface area contributed by atoms with Crippen LogP contribution < -0.4 is 16.4 Å². The third kappa shape index (κ3) is 2.98. The zero-order chi connectivity index (χ0) is 14.8. The van der Waals surface area contributed by atoms with Gasteiger partial charge in [0.15, 0.2) is 5.13 Å². The number of thiazole rings is 1. The predicted octanol–water partition coefficient (Wildman–Crippen LogP) is 1.14. The number of hydrogen-bond donors (Lipinski definition) is 2. The quantitative estimate of drug-likeness (QED) is 0.874. The number of piperidine rings is 1. The molecule has 21 heavy (non-hydrogen) atoms. The number of carbonyl (C=O) groups is 1. The highest BCUT2D eigenvalue weighted by molar-refractivity contribution is 7.18. The average molecular weight is 309 g/mol. The third-order valence-corrected chi connectivity index (χ3v) is 5.49. The van der Waals surface area contributed by atoms with Crippen LogP contribution in [-0.2, 0) is 0 Å². The van der Waals surface area contributed by atoms with Gasteiger partial charge >= 0.3 is 0 Å². The van der Waals surface area contributed by atoms with Crippen molar-refractivity contribution in [2.45, 2.75) is 25.7 Å². The lowest BCUT2D eigenvalue weighted by molar-refractivity contribution is 0.0793. The van der Waals surface area contributed by atoms with Crippen LogP contribution >= 0.6 is 11.3 Å². The number of nitrogens with zero attached hydrogens (tertiary/aromatic N) is 3. The molecule has 0 saturated carbocycles. The van der Waals surface area contributed by atoms with Crippen molar-refractivity contribution in [3.63, 3.8) is 0 Å². The van der Waals surface area contributed by atoms with E-state index in [1.54, 1.807) is 0 Å². The first kappa shape index (κ1) is 14.6. The minimum atomic E-state index is 0.0178. The molecule has 1 aromatic heterocycles. The molecule has 0 spiro atoms. The molecule has 2 fully saturated rings. The standard InChI is InChI=1S/C14H23N5OS/c15-8-10-4-7-19(9-10)13(20)11-12(16)17-14(21-11)18-5-2-1-3-6-18/h10H,1-9,15-16H2. The van der Waals surface area contributed by atoms with E-state index in [2.05, 4.69) is 9.88 Å². The number of likely N-dealkylation sites (tertiary alicyclic amines) is 1. The number of nitrogens with two attached hydrogens (primary N) is 2. The molecule has 0 bridgehead atoms. The van der Waals surface area contributed by atoms with Crippen molar-refractivity contribution >= 4 is 28.2 Å². The van der Waals surface area contributed by atoms with Crippen molar-refractivity contribution in [3.05, 3.63) is 4.88 Å². The second kappa shape index (κ2) is 6.19. The summed E-state index contributed by atoms with van der Waals surface area (Å²) in [5.41, 5.74) is 11.7. The normalized spacial score (nSPS) is 22.8. The maximum atomic E-state index is 12.6. The fraction of sp³-hybridized carbons (Fsp3) is 0.714. The van der Waals surface area contributed by atoms with Gasteiger partial charge in [-0.2, -0.15) is 0 Å². The van der Waals surface area contributed by atoms with Gasteiger partial charge in [-0.3, -0.25) is 4.79 Å². The minimum Gasteiger partial charge on any atom is -0.382 e. The van der Waals surface area contributed by atoms with Crippen molar-refractivity contribution in [2.24, 2.45) is 11.7 Å². The SMILES string of the molecule is NCC1CCN(C(=O)c2sc(N3CCCCC3)nc2N)C1. The molecule has 1 aromatic rings. The maximum Gasteiger partial charge on any atom is 0.267 e. The van der Waals surface area contributed by atoms with Crippen LogP contribution in [0, 0.1) is 5.92 Å². The Morgan fingerprint density at radius 3 is 2.71 bits per heavy atom. The van der Waals surface area contributed by atoms with E-state index in [0.29, 0.717) is 23.2 Å². The van der Waals surface area contributed by atoms with E-state index in [1.807, 2.05) is 4.90 Å². The van der Waals surface area contributed by atoms with Crippen LogP contribution in [-0.4, -0.2) is 48.5 Å². The van der Waals surface area contributed by atoms with E-state index < -0.39 is 0 Å². The number of hydrogen-bond acceptors (Lipinski definition) is 6. The smallest absolute Gasteiger partial charge is 0.267 e. The summed E-state index contributed by atoms with van der Waals surface area (Å²) in [6.07, 6.45) is 4.64. The van der Waals surface area contributed by atoms with Crippen LogP contribution in [0.1, 0.15) is 35.4 Å². The highest BCUT2D eigenvalue weighted by Crippen LogP contribution is 2.32. The third-order valence-electron chi connectivity index (χ3n) is 4.37. The van der Waals surface area contributed by atoms with E-state index in [1.165, 1.54) is 30.6 Å². The van der Waals surface area contributed by atoms with Crippen LogP contribution in [0.5, 0.6) is 0 Å². The Kier molecular flexibility index (Phi) is 4.30. The summed E-state index contributed by atoms with van der Waals surface area (Å²) in [5.74, 6) is 0.815. The topological polar surface area (TPSA) is 88.5 Å². The number of nitrogen functional groups attached to an aromatic ring is 1. The molecule has 0 aromatic carbocycles. The molecule has 1 unspecified atom stereocenters. The van der Waals surface area contributed by atoms with Gasteiger partial charge in [0.2, 0.25) is 0 Å². The Morgan fingerprint density at radius 2 is 2.05 bits per heavy atom. The van der Waals surface area contributed by atoms with Gasteiger partial charge in [0.25, 0.3) is 5.91 Å². The molecular formula is C14H23N5OS. The molecular weight excluding hydrogens is 286 g/mol. The molecule has 1 amide bonds. The lowest BCUT2D eigenvalue weighted by Gasteiger charge is -2.25. The van der Waals surface area contributed by atoms with E-state index in [9.17, 15) is 4.79 Å². The summed E-state index contributed by atoms with van der Waals surface area (Å²) in [6.45, 7) is 4.18. The van der Waals surface area contributed by atoms with E-state index in [4.69, 9.17) is 11.5 Å². The first-order chi connectivity index (χ1) is 10.2. The Bertz CT molecular complexity index is 511. The molecule has 116 valence electrons. The van der Waals surface area contributed by atoms with Crippen molar-refractivity contribution in [3.8, 4) is 0 Å². The Labute approximate surface area is 129 Å². The van der Waals surface area contributed by atoms with Gasteiger partial charge in [-0.05, 0) is 38.1 Å². The summed E-state index contributed by atoms with van der Waals surface area (Å²) in [6, 6.07) is 0. The first-order valence-electron chi connectivity index (χ1n) is 7.69. The predicted molar refractivity (Wildman–Crippen MR) is 85.7 cm³/mol. The monoisotopic (exact) mass is 309 g/mol. The van der Waals surface area contributed by atoms with E-state index >= 15 is 0 Å². The summed E-state index contributed by atoms with van der Waals surface area (Å²) in [4.78, 5) is 21.7. The number of rotatable bonds is 3. The zero-order valence-corrected chi connectivity index (χ0v) is 13.1. The largest absolute Gasteiger partial charge is 0.382 e. The average Bonchev–Trinajstić information content (AvgIpc) is 3.14. The summed E-state index contributed by atoms with van der Waals surface area (Å²) < 4.78 is 0. The molecule has 0 radical (unpaired) electrons. The van der Waals surface area contributed by atoms with Crippen molar-refractivity contribution in [1.82, 2.24) is 9.88 Å². The molecule has 6 nitrogen and oxygen atoms in total. The first-order valence-corrected chi connectivity index (χ1v) is 8.51. The summed E-state index contributed by atoms with van der Waals surface area (Å²) in [7, 11) is 0. The molecule has 2 aliphatic rings. The van der Waals surface area contributed by atoms with Gasteiger partial charge < -0.3 is 21.3 Å². The van der Waals surface area contributed by atoms with E-state index in [-0.39, 0.29) is 5.91 Å². The van der Waals surface area contributed by atoms with Crippen LogP contribution in [0.15, 0.2) is 0 Å². The van der Waals surface area contributed by atoms with Crippen molar-refractivity contribution < 1.29 is 4.79 Å². The van der Waals surface area contributed by atoms with Gasteiger partial charge in [0.1, 0.15) is 10.7 Å². The maximum absolute atomic E-state index is 12.6. The van der Waals surface area contributed by atoms with Gasteiger partial charge in [-0.1, -0.05) is 11.3 Å². The fourth-order valence-corrected chi connectivity index (χ4v) is 4.05. The van der Waals surface area contributed by atoms with Crippen LogP contribution in [0.2, 0.25) is 0 Å². The van der Waals surface area contributed by atoms with Crippen LogP contribution in [0.3, 0.4) is 0 Å².